The van der Waals surface area contributed by atoms with Crippen molar-refractivity contribution in [3.8, 4) is 5.75 Å². The van der Waals surface area contributed by atoms with Gasteiger partial charge in [-0.2, -0.15) is 0 Å². The first kappa shape index (κ1) is 15.0. The van der Waals surface area contributed by atoms with Gasteiger partial charge in [-0.05, 0) is 38.3 Å². The summed E-state index contributed by atoms with van der Waals surface area (Å²) in [6, 6.07) is 5.69. The maximum absolute atomic E-state index is 10.2. The van der Waals surface area contributed by atoms with E-state index in [4.69, 9.17) is 4.74 Å². The molecular formula is C15H24O3. The van der Waals surface area contributed by atoms with Crippen LogP contribution in [-0.2, 0) is 0 Å². The van der Waals surface area contributed by atoms with E-state index >= 15 is 0 Å². The van der Waals surface area contributed by atoms with Crippen LogP contribution in [0.2, 0.25) is 0 Å². The maximum Gasteiger partial charge on any atom is 0.125 e. The quantitative estimate of drug-likeness (QED) is 0.847. The molecule has 0 amide bonds. The molecule has 1 aromatic rings. The normalized spacial score (nSPS) is 16.4. The number of aliphatic hydroxyl groups is 2. The molecule has 0 spiro atoms. The molecule has 0 aromatic heterocycles. The van der Waals surface area contributed by atoms with Crippen LogP contribution in [0.5, 0.6) is 5.75 Å². The van der Waals surface area contributed by atoms with Crippen molar-refractivity contribution < 1.29 is 14.9 Å². The maximum atomic E-state index is 10.2. The largest absolute Gasteiger partial charge is 0.490 e. The molecule has 0 saturated heterocycles. The lowest BCUT2D eigenvalue weighted by molar-refractivity contribution is -0.0273. The average Bonchev–Trinajstić information content (AvgIpc) is 2.26. The zero-order valence-corrected chi connectivity index (χ0v) is 11.9. The van der Waals surface area contributed by atoms with Gasteiger partial charge in [-0.15, -0.1) is 0 Å². The van der Waals surface area contributed by atoms with E-state index in [1.807, 2.05) is 39.0 Å². The molecule has 0 aliphatic heterocycles. The molecular weight excluding hydrogens is 228 g/mol. The summed E-state index contributed by atoms with van der Waals surface area (Å²) in [5.41, 5.74) is 0.943. The zero-order chi connectivity index (χ0) is 13.9. The van der Waals surface area contributed by atoms with Gasteiger partial charge in [-0.25, -0.2) is 0 Å². The molecule has 3 heteroatoms. The van der Waals surface area contributed by atoms with E-state index in [9.17, 15) is 10.2 Å². The summed E-state index contributed by atoms with van der Waals surface area (Å²) in [5, 5.41) is 19.9. The second kappa shape index (κ2) is 5.72. The number of aryl methyl sites for hydroxylation is 1. The van der Waals surface area contributed by atoms with Gasteiger partial charge in [-0.1, -0.05) is 26.0 Å². The van der Waals surface area contributed by atoms with Crippen molar-refractivity contribution in [3.05, 3.63) is 29.3 Å². The number of hydrogen-bond donors (Lipinski definition) is 2. The summed E-state index contributed by atoms with van der Waals surface area (Å²) in [5.74, 6) is 0.753. The molecule has 0 aliphatic rings. The lowest BCUT2D eigenvalue weighted by Crippen LogP contribution is -2.38. The number of benzene rings is 1. The van der Waals surface area contributed by atoms with Gasteiger partial charge in [0.2, 0.25) is 0 Å². The van der Waals surface area contributed by atoms with E-state index in [1.165, 1.54) is 0 Å². The van der Waals surface area contributed by atoms with Crippen molar-refractivity contribution in [2.24, 2.45) is 5.92 Å². The van der Waals surface area contributed by atoms with Gasteiger partial charge < -0.3 is 14.9 Å². The lowest BCUT2D eigenvalue weighted by Gasteiger charge is -2.28. The first-order valence-corrected chi connectivity index (χ1v) is 6.38. The highest BCUT2D eigenvalue weighted by molar-refractivity contribution is 5.38. The standard InChI is InChI=1S/C15H24O3/c1-10(2)15(5,17)9-18-14-8-11(3)6-7-13(14)12(4)16/h6-8,10,12,16-17H,9H2,1-5H3. The van der Waals surface area contributed by atoms with Crippen LogP contribution in [0.3, 0.4) is 0 Å². The second-order valence-corrected chi connectivity index (χ2v) is 5.52. The van der Waals surface area contributed by atoms with Crippen molar-refractivity contribution >= 4 is 0 Å². The van der Waals surface area contributed by atoms with E-state index in [-0.39, 0.29) is 12.5 Å². The smallest absolute Gasteiger partial charge is 0.125 e. The first-order valence-electron chi connectivity index (χ1n) is 6.38. The number of hydrogen-bond acceptors (Lipinski definition) is 3. The van der Waals surface area contributed by atoms with Gasteiger partial charge in [0.25, 0.3) is 0 Å². The Morgan fingerprint density at radius 2 is 1.89 bits per heavy atom. The summed E-state index contributed by atoms with van der Waals surface area (Å²) in [6.45, 7) is 9.56. The summed E-state index contributed by atoms with van der Waals surface area (Å²) < 4.78 is 5.70. The van der Waals surface area contributed by atoms with E-state index in [2.05, 4.69) is 0 Å². The summed E-state index contributed by atoms with van der Waals surface area (Å²) in [6.07, 6.45) is -0.579. The fourth-order valence-electron chi connectivity index (χ4n) is 1.50. The Kier molecular flexibility index (Phi) is 4.77. The molecule has 2 N–H and O–H groups in total. The fraction of sp³-hybridized carbons (Fsp3) is 0.600. The topological polar surface area (TPSA) is 49.7 Å². The Morgan fingerprint density at radius 3 is 2.39 bits per heavy atom. The van der Waals surface area contributed by atoms with Crippen LogP contribution >= 0.6 is 0 Å². The van der Waals surface area contributed by atoms with Gasteiger partial charge >= 0.3 is 0 Å². The highest BCUT2D eigenvalue weighted by Gasteiger charge is 2.26. The van der Waals surface area contributed by atoms with Crippen molar-refractivity contribution in [2.75, 3.05) is 6.61 Å². The Bertz CT molecular complexity index is 395. The van der Waals surface area contributed by atoms with Crippen molar-refractivity contribution in [1.82, 2.24) is 0 Å². The van der Waals surface area contributed by atoms with Crippen LogP contribution in [0.15, 0.2) is 18.2 Å². The minimum absolute atomic E-state index is 0.109. The van der Waals surface area contributed by atoms with Crippen molar-refractivity contribution in [3.63, 3.8) is 0 Å². The van der Waals surface area contributed by atoms with Gasteiger partial charge in [0.05, 0.1) is 11.7 Å². The number of rotatable bonds is 5. The lowest BCUT2D eigenvalue weighted by atomic mass is 9.93. The molecule has 0 bridgehead atoms. The molecule has 1 rings (SSSR count). The predicted molar refractivity (Wildman–Crippen MR) is 72.8 cm³/mol. The van der Waals surface area contributed by atoms with Gasteiger partial charge in [-0.3, -0.25) is 0 Å². The monoisotopic (exact) mass is 252 g/mol. The summed E-state index contributed by atoms with van der Waals surface area (Å²) in [4.78, 5) is 0. The summed E-state index contributed by atoms with van der Waals surface area (Å²) in [7, 11) is 0. The molecule has 0 heterocycles. The Labute approximate surface area is 109 Å². The number of ether oxygens (including phenoxy) is 1. The highest BCUT2D eigenvalue weighted by Crippen LogP contribution is 2.28. The van der Waals surface area contributed by atoms with Crippen LogP contribution in [0.25, 0.3) is 0 Å². The van der Waals surface area contributed by atoms with E-state index in [1.54, 1.807) is 13.8 Å². The van der Waals surface area contributed by atoms with Crippen LogP contribution in [0.1, 0.15) is 44.9 Å². The van der Waals surface area contributed by atoms with Gasteiger partial charge in [0.1, 0.15) is 12.4 Å². The molecule has 2 atom stereocenters. The molecule has 0 saturated carbocycles. The van der Waals surface area contributed by atoms with Gasteiger partial charge in [0.15, 0.2) is 0 Å². The van der Waals surface area contributed by atoms with Crippen LogP contribution < -0.4 is 4.74 Å². The predicted octanol–water partition coefficient (Wildman–Crippen LogP) is 2.83. The average molecular weight is 252 g/mol. The molecule has 0 radical (unpaired) electrons. The minimum Gasteiger partial charge on any atom is -0.490 e. The van der Waals surface area contributed by atoms with Crippen LogP contribution in [0, 0.1) is 12.8 Å². The molecule has 1 aromatic carbocycles. The SMILES string of the molecule is Cc1ccc(C(C)O)c(OCC(C)(O)C(C)C)c1. The highest BCUT2D eigenvalue weighted by atomic mass is 16.5. The molecule has 3 nitrogen and oxygen atoms in total. The van der Waals surface area contributed by atoms with Crippen molar-refractivity contribution in [1.29, 1.82) is 0 Å². The van der Waals surface area contributed by atoms with Crippen LogP contribution in [-0.4, -0.2) is 22.4 Å². The molecule has 102 valence electrons. The molecule has 18 heavy (non-hydrogen) atoms. The van der Waals surface area contributed by atoms with E-state index in [0.717, 1.165) is 11.1 Å². The third-order valence-corrected chi connectivity index (χ3v) is 3.38. The third kappa shape index (κ3) is 3.72. The third-order valence-electron chi connectivity index (χ3n) is 3.38. The summed E-state index contributed by atoms with van der Waals surface area (Å²) >= 11 is 0. The first-order chi connectivity index (χ1) is 8.24. The fourth-order valence-corrected chi connectivity index (χ4v) is 1.50. The molecule has 0 aliphatic carbocycles. The Hall–Kier alpha value is -1.06. The molecule has 0 fully saturated rings. The zero-order valence-electron chi connectivity index (χ0n) is 11.9. The van der Waals surface area contributed by atoms with E-state index in [0.29, 0.717) is 5.75 Å². The molecule has 2 unspecified atom stereocenters. The van der Waals surface area contributed by atoms with Crippen LogP contribution in [0.4, 0.5) is 0 Å². The van der Waals surface area contributed by atoms with E-state index < -0.39 is 11.7 Å². The Morgan fingerprint density at radius 1 is 1.28 bits per heavy atom. The second-order valence-electron chi connectivity index (χ2n) is 5.52. The van der Waals surface area contributed by atoms with Gasteiger partial charge in [0, 0.05) is 5.56 Å². The number of aliphatic hydroxyl groups excluding tert-OH is 1. The minimum atomic E-state index is -0.875. The van der Waals surface area contributed by atoms with Crippen molar-refractivity contribution in [2.45, 2.75) is 46.3 Å². The Balaban J connectivity index is 2.87.